The molecule has 0 radical (unpaired) electrons. The van der Waals surface area contributed by atoms with Gasteiger partial charge in [0, 0.05) is 23.8 Å². The Labute approximate surface area is 142 Å². The molecule has 0 fully saturated rings. The number of carbonyl (C=O) groups is 2. The highest BCUT2D eigenvalue weighted by Crippen LogP contribution is 2.36. The normalized spacial score (nSPS) is 14.5. The molecule has 2 aromatic rings. The van der Waals surface area contributed by atoms with Gasteiger partial charge in [0.05, 0.1) is 5.56 Å². The molecule has 124 valence electrons. The molecular weight excluding hydrogens is 300 g/mol. The highest BCUT2D eigenvalue weighted by molar-refractivity contribution is 6.01. The van der Waals surface area contributed by atoms with Gasteiger partial charge in [-0.3, -0.25) is 9.59 Å². The monoisotopic (exact) mass is 322 g/mol. The quantitative estimate of drug-likeness (QED) is 0.811. The molecule has 0 spiro atoms. The number of aryl methyl sites for hydroxylation is 1. The number of carbonyl (C=O) groups excluding carboxylic acids is 2. The lowest BCUT2D eigenvalue weighted by molar-refractivity contribution is -0.123. The number of ketones is 2. The summed E-state index contributed by atoms with van der Waals surface area (Å²) < 4.78 is 5.96. The molecule has 24 heavy (non-hydrogen) atoms. The standard InChI is InChI=1S/C21H22O3/c1-12(2)21(23)14(4)15-6-8-20-17(10-15)18(22)11-16-9-13(3)5-7-19(16)24-20/h5-10,12,14H,11H2,1-4H3. The third-order valence-electron chi connectivity index (χ3n) is 4.59. The largest absolute Gasteiger partial charge is 0.456 e. The predicted molar refractivity (Wildman–Crippen MR) is 94.0 cm³/mol. The molecule has 1 aliphatic rings. The predicted octanol–water partition coefficient (Wildman–Crippen LogP) is 4.85. The highest BCUT2D eigenvalue weighted by atomic mass is 16.5. The summed E-state index contributed by atoms with van der Waals surface area (Å²) in [4.78, 5) is 25.0. The molecule has 0 N–H and O–H groups in total. The molecule has 1 heterocycles. The van der Waals surface area contributed by atoms with Crippen molar-refractivity contribution in [2.75, 3.05) is 0 Å². The Morgan fingerprint density at radius 1 is 1.04 bits per heavy atom. The Balaban J connectivity index is 2.00. The minimum atomic E-state index is -0.226. The lowest BCUT2D eigenvalue weighted by Gasteiger charge is -2.15. The van der Waals surface area contributed by atoms with Crippen LogP contribution in [0.1, 0.15) is 53.7 Å². The van der Waals surface area contributed by atoms with E-state index in [1.54, 1.807) is 0 Å². The van der Waals surface area contributed by atoms with Crippen LogP contribution in [0.3, 0.4) is 0 Å². The molecule has 2 aromatic carbocycles. The van der Waals surface area contributed by atoms with Gasteiger partial charge in [-0.05, 0) is 30.7 Å². The van der Waals surface area contributed by atoms with E-state index in [0.717, 1.165) is 22.4 Å². The second-order valence-corrected chi connectivity index (χ2v) is 6.85. The van der Waals surface area contributed by atoms with Gasteiger partial charge in [0.15, 0.2) is 5.78 Å². The lowest BCUT2D eigenvalue weighted by Crippen LogP contribution is -2.16. The summed E-state index contributed by atoms with van der Waals surface area (Å²) in [5.41, 5.74) is 3.44. The van der Waals surface area contributed by atoms with E-state index in [2.05, 4.69) is 0 Å². The third-order valence-corrected chi connectivity index (χ3v) is 4.59. The second kappa shape index (κ2) is 6.23. The van der Waals surface area contributed by atoms with Crippen LogP contribution in [0.25, 0.3) is 0 Å². The van der Waals surface area contributed by atoms with Crippen LogP contribution in [0.4, 0.5) is 0 Å². The smallest absolute Gasteiger partial charge is 0.171 e. The summed E-state index contributed by atoms with van der Waals surface area (Å²) in [6.45, 7) is 7.69. The zero-order valence-corrected chi connectivity index (χ0v) is 14.6. The first-order valence-corrected chi connectivity index (χ1v) is 8.35. The fraction of sp³-hybridized carbons (Fsp3) is 0.333. The molecule has 3 heteroatoms. The zero-order chi connectivity index (χ0) is 17.4. The molecule has 1 aliphatic heterocycles. The molecule has 0 aromatic heterocycles. The van der Waals surface area contributed by atoms with E-state index in [1.165, 1.54) is 0 Å². The average Bonchev–Trinajstić information content (AvgIpc) is 2.68. The number of hydrogen-bond acceptors (Lipinski definition) is 3. The zero-order valence-electron chi connectivity index (χ0n) is 14.6. The van der Waals surface area contributed by atoms with Crippen molar-refractivity contribution in [2.24, 2.45) is 5.92 Å². The molecule has 1 atom stereocenters. The maximum Gasteiger partial charge on any atom is 0.171 e. The second-order valence-electron chi connectivity index (χ2n) is 6.85. The number of Topliss-reactive ketones (excluding diaryl/α,β-unsaturated/α-hetero) is 2. The summed E-state index contributed by atoms with van der Waals surface area (Å²) in [6, 6.07) is 11.4. The summed E-state index contributed by atoms with van der Waals surface area (Å²) in [7, 11) is 0. The van der Waals surface area contributed by atoms with Crippen LogP contribution in [0, 0.1) is 12.8 Å². The molecule has 0 bridgehead atoms. The van der Waals surface area contributed by atoms with Crippen LogP contribution in [0.2, 0.25) is 0 Å². The number of fused-ring (bicyclic) bond motifs is 2. The molecule has 3 rings (SSSR count). The van der Waals surface area contributed by atoms with Crippen molar-refractivity contribution in [3.63, 3.8) is 0 Å². The Morgan fingerprint density at radius 3 is 2.46 bits per heavy atom. The van der Waals surface area contributed by atoms with Crippen molar-refractivity contribution in [1.29, 1.82) is 0 Å². The topological polar surface area (TPSA) is 43.4 Å². The first-order chi connectivity index (χ1) is 11.4. The Hall–Kier alpha value is -2.42. The number of ether oxygens (including phenoxy) is 1. The van der Waals surface area contributed by atoms with E-state index < -0.39 is 0 Å². The SMILES string of the molecule is Cc1ccc2c(c1)CC(=O)c1cc(C(C)C(=O)C(C)C)ccc1O2. The molecule has 0 aliphatic carbocycles. The van der Waals surface area contributed by atoms with Gasteiger partial charge < -0.3 is 4.74 Å². The molecular formula is C21H22O3. The van der Waals surface area contributed by atoms with Crippen LogP contribution in [0.5, 0.6) is 11.5 Å². The average molecular weight is 322 g/mol. The Kier molecular flexibility index (Phi) is 4.27. The van der Waals surface area contributed by atoms with E-state index >= 15 is 0 Å². The van der Waals surface area contributed by atoms with E-state index in [4.69, 9.17) is 4.74 Å². The minimum Gasteiger partial charge on any atom is -0.456 e. The summed E-state index contributed by atoms with van der Waals surface area (Å²) >= 11 is 0. The van der Waals surface area contributed by atoms with Gasteiger partial charge in [0.2, 0.25) is 0 Å². The fourth-order valence-electron chi connectivity index (χ4n) is 3.12. The summed E-state index contributed by atoms with van der Waals surface area (Å²) in [6.07, 6.45) is 0.319. The van der Waals surface area contributed by atoms with Crippen molar-refractivity contribution < 1.29 is 14.3 Å². The van der Waals surface area contributed by atoms with Crippen molar-refractivity contribution in [3.05, 3.63) is 58.7 Å². The number of hydrogen-bond donors (Lipinski definition) is 0. The van der Waals surface area contributed by atoms with Crippen molar-refractivity contribution in [2.45, 2.75) is 40.0 Å². The molecule has 1 unspecified atom stereocenters. The van der Waals surface area contributed by atoms with Crippen LogP contribution in [-0.4, -0.2) is 11.6 Å². The van der Waals surface area contributed by atoms with Crippen LogP contribution in [0.15, 0.2) is 36.4 Å². The van der Waals surface area contributed by atoms with E-state index in [1.807, 2.05) is 64.1 Å². The van der Waals surface area contributed by atoms with Crippen LogP contribution in [-0.2, 0) is 11.2 Å². The van der Waals surface area contributed by atoms with Gasteiger partial charge in [-0.25, -0.2) is 0 Å². The van der Waals surface area contributed by atoms with Gasteiger partial charge in [-0.2, -0.15) is 0 Å². The third kappa shape index (κ3) is 2.99. The van der Waals surface area contributed by atoms with E-state index in [0.29, 0.717) is 17.7 Å². The fourth-order valence-corrected chi connectivity index (χ4v) is 3.12. The van der Waals surface area contributed by atoms with E-state index in [9.17, 15) is 9.59 Å². The van der Waals surface area contributed by atoms with Gasteiger partial charge in [0.25, 0.3) is 0 Å². The highest BCUT2D eigenvalue weighted by Gasteiger charge is 2.24. The Bertz CT molecular complexity index is 818. The number of benzene rings is 2. The van der Waals surface area contributed by atoms with E-state index in [-0.39, 0.29) is 23.4 Å². The first kappa shape index (κ1) is 16.4. The summed E-state index contributed by atoms with van der Waals surface area (Å²) in [5.74, 6) is 1.24. The maximum absolute atomic E-state index is 12.7. The Morgan fingerprint density at radius 2 is 1.75 bits per heavy atom. The first-order valence-electron chi connectivity index (χ1n) is 8.35. The van der Waals surface area contributed by atoms with Crippen molar-refractivity contribution in [1.82, 2.24) is 0 Å². The van der Waals surface area contributed by atoms with Crippen LogP contribution >= 0.6 is 0 Å². The molecule has 0 amide bonds. The van der Waals surface area contributed by atoms with Crippen molar-refractivity contribution in [3.8, 4) is 11.5 Å². The molecule has 0 saturated heterocycles. The van der Waals surface area contributed by atoms with Gasteiger partial charge in [-0.1, -0.05) is 44.5 Å². The summed E-state index contributed by atoms with van der Waals surface area (Å²) in [5, 5.41) is 0. The molecule has 0 saturated carbocycles. The number of rotatable bonds is 3. The van der Waals surface area contributed by atoms with Gasteiger partial charge in [0.1, 0.15) is 17.3 Å². The maximum atomic E-state index is 12.7. The minimum absolute atomic E-state index is 0.0281. The lowest BCUT2D eigenvalue weighted by atomic mass is 9.88. The van der Waals surface area contributed by atoms with Crippen LogP contribution < -0.4 is 4.74 Å². The van der Waals surface area contributed by atoms with Crippen molar-refractivity contribution >= 4 is 11.6 Å². The van der Waals surface area contributed by atoms with Gasteiger partial charge >= 0.3 is 0 Å². The van der Waals surface area contributed by atoms with Gasteiger partial charge in [-0.15, -0.1) is 0 Å². The molecule has 3 nitrogen and oxygen atoms in total.